The lowest BCUT2D eigenvalue weighted by Crippen LogP contribution is -2.55. The van der Waals surface area contributed by atoms with Crippen molar-refractivity contribution in [3.63, 3.8) is 0 Å². The van der Waals surface area contributed by atoms with E-state index in [2.05, 4.69) is 133 Å². The van der Waals surface area contributed by atoms with Gasteiger partial charge in [-0.3, -0.25) is 0 Å². The minimum absolute atomic E-state index is 0.173. The molecule has 5 aliphatic carbocycles. The molecule has 14 rings (SSSR count). The SMILES string of the molecule is c1ccc2c(c1)-c1ccc(-c3ccc4c(c3)-c3cccc5c(-c6ccc7sc8ccccc8c7c6)ccc(c35)O4)cc1C21C2CC3CC(C2)CC1C3. The molecule has 0 N–H and O–H groups in total. The van der Waals surface area contributed by atoms with Crippen molar-refractivity contribution in [3.8, 4) is 56.0 Å². The third-order valence-electron chi connectivity index (χ3n) is 14.1. The summed E-state index contributed by atoms with van der Waals surface area (Å²) in [5.41, 5.74) is 13.9. The van der Waals surface area contributed by atoms with Gasteiger partial charge in [-0.1, -0.05) is 91.0 Å². The highest BCUT2D eigenvalue weighted by Crippen LogP contribution is 2.69. The molecular weight excluding hydrogens is 649 g/mol. The number of rotatable bonds is 2. The van der Waals surface area contributed by atoms with Gasteiger partial charge in [0.1, 0.15) is 11.5 Å². The van der Waals surface area contributed by atoms with Crippen LogP contribution in [-0.2, 0) is 5.41 Å². The molecule has 1 aromatic heterocycles. The fourth-order valence-corrected chi connectivity index (χ4v) is 13.4. The first-order chi connectivity index (χ1) is 25.7. The van der Waals surface area contributed by atoms with Gasteiger partial charge in [-0.2, -0.15) is 0 Å². The molecule has 0 atom stereocenters. The number of fused-ring (bicyclic) bond motifs is 8. The van der Waals surface area contributed by atoms with Crippen LogP contribution in [0.15, 0.2) is 133 Å². The predicted octanol–water partition coefficient (Wildman–Crippen LogP) is 14.0. The maximum Gasteiger partial charge on any atom is 0.135 e. The van der Waals surface area contributed by atoms with Gasteiger partial charge in [0, 0.05) is 36.5 Å². The topological polar surface area (TPSA) is 9.23 Å². The molecule has 0 amide bonds. The summed E-state index contributed by atoms with van der Waals surface area (Å²) in [4.78, 5) is 0. The van der Waals surface area contributed by atoms with Gasteiger partial charge in [0.05, 0.1) is 0 Å². The molecule has 248 valence electrons. The van der Waals surface area contributed by atoms with Crippen LogP contribution in [0.1, 0.15) is 43.2 Å². The second-order valence-electron chi connectivity index (χ2n) is 16.4. The molecule has 4 saturated carbocycles. The van der Waals surface area contributed by atoms with Crippen molar-refractivity contribution in [2.45, 2.75) is 37.5 Å². The van der Waals surface area contributed by atoms with Crippen LogP contribution in [0.5, 0.6) is 11.5 Å². The van der Waals surface area contributed by atoms with E-state index >= 15 is 0 Å². The van der Waals surface area contributed by atoms with Gasteiger partial charge in [-0.05, 0) is 154 Å². The fourth-order valence-electron chi connectivity index (χ4n) is 12.3. The summed E-state index contributed by atoms with van der Waals surface area (Å²) in [6.45, 7) is 0. The van der Waals surface area contributed by atoms with Crippen LogP contribution in [0.3, 0.4) is 0 Å². The van der Waals surface area contributed by atoms with E-state index in [-0.39, 0.29) is 5.41 Å². The van der Waals surface area contributed by atoms with E-state index in [4.69, 9.17) is 4.74 Å². The van der Waals surface area contributed by atoms with Crippen LogP contribution in [0, 0.1) is 23.7 Å². The zero-order valence-electron chi connectivity index (χ0n) is 28.9. The average Bonchev–Trinajstić information content (AvgIpc) is 3.70. The van der Waals surface area contributed by atoms with E-state index in [1.54, 1.807) is 11.1 Å². The summed E-state index contributed by atoms with van der Waals surface area (Å²) in [6.07, 6.45) is 7.11. The molecule has 6 aliphatic rings. The lowest BCUT2D eigenvalue weighted by Gasteiger charge is -2.61. The Kier molecular flexibility index (Phi) is 5.48. The third-order valence-corrected chi connectivity index (χ3v) is 15.2. The number of benzene rings is 7. The Labute approximate surface area is 307 Å². The second-order valence-corrected chi connectivity index (χ2v) is 17.5. The first kappa shape index (κ1) is 28.4. The minimum atomic E-state index is 0.173. The molecule has 0 saturated heterocycles. The lowest BCUT2D eigenvalue weighted by molar-refractivity contribution is -0.0399. The van der Waals surface area contributed by atoms with Gasteiger partial charge in [-0.25, -0.2) is 0 Å². The van der Waals surface area contributed by atoms with E-state index in [1.807, 2.05) is 11.3 Å². The Balaban J connectivity index is 0.953. The maximum absolute atomic E-state index is 6.72. The number of ether oxygens (including phenoxy) is 1. The van der Waals surface area contributed by atoms with Crippen LogP contribution in [0.4, 0.5) is 0 Å². The normalized spacial score (nSPS) is 24.4. The predicted molar refractivity (Wildman–Crippen MR) is 216 cm³/mol. The van der Waals surface area contributed by atoms with E-state index in [0.29, 0.717) is 0 Å². The standard InChI is InChI=1S/C50H36OS/c1-3-10-43-36(6-1)37-15-12-31(27-44(37)50(43)33-21-28-20-29(23-33)24-34(50)22-28)30-13-17-45-41(25-30)40-9-5-8-39-35(16-18-46(51-45)49(39)40)32-14-19-48-42(26-32)38-7-2-4-11-47(38)52-48/h1-19,25-29,33-34H,20-24H2. The van der Waals surface area contributed by atoms with Gasteiger partial charge < -0.3 is 4.74 Å². The van der Waals surface area contributed by atoms with Crippen molar-refractivity contribution >= 4 is 42.3 Å². The smallest absolute Gasteiger partial charge is 0.135 e. The molecule has 8 aromatic rings. The summed E-state index contributed by atoms with van der Waals surface area (Å²) >= 11 is 1.87. The molecular formula is C50H36OS. The number of thiophene rings is 1. The quantitative estimate of drug-likeness (QED) is 0.176. The molecule has 1 spiro atoms. The Morgan fingerprint density at radius 2 is 1.12 bits per heavy atom. The lowest BCUT2D eigenvalue weighted by atomic mass is 9.43. The molecule has 1 aliphatic heterocycles. The zero-order chi connectivity index (χ0) is 33.7. The summed E-state index contributed by atoms with van der Waals surface area (Å²) in [5.74, 6) is 5.29. The van der Waals surface area contributed by atoms with Gasteiger partial charge in [0.25, 0.3) is 0 Å². The Morgan fingerprint density at radius 3 is 2.02 bits per heavy atom. The van der Waals surface area contributed by atoms with E-state index in [9.17, 15) is 0 Å². The molecule has 2 heterocycles. The van der Waals surface area contributed by atoms with Crippen LogP contribution < -0.4 is 4.74 Å². The number of hydrogen-bond acceptors (Lipinski definition) is 2. The molecule has 1 nitrogen and oxygen atoms in total. The fraction of sp³-hybridized carbons (Fsp3) is 0.200. The van der Waals surface area contributed by atoms with Crippen molar-refractivity contribution in [2.24, 2.45) is 23.7 Å². The maximum atomic E-state index is 6.72. The summed E-state index contributed by atoms with van der Waals surface area (Å²) in [7, 11) is 0. The molecule has 0 radical (unpaired) electrons. The Hall–Kier alpha value is -5.18. The molecule has 52 heavy (non-hydrogen) atoms. The Morgan fingerprint density at radius 1 is 0.442 bits per heavy atom. The third kappa shape index (κ3) is 3.59. The minimum Gasteiger partial charge on any atom is -0.456 e. The van der Waals surface area contributed by atoms with Gasteiger partial charge in [0.2, 0.25) is 0 Å². The van der Waals surface area contributed by atoms with E-state index in [1.165, 1.54) is 108 Å². The van der Waals surface area contributed by atoms with Crippen LogP contribution in [0.25, 0.3) is 75.5 Å². The molecule has 7 aromatic carbocycles. The molecule has 2 heteroatoms. The van der Waals surface area contributed by atoms with E-state index < -0.39 is 0 Å². The van der Waals surface area contributed by atoms with Gasteiger partial charge >= 0.3 is 0 Å². The van der Waals surface area contributed by atoms with Crippen molar-refractivity contribution in [1.82, 2.24) is 0 Å². The Bertz CT molecular complexity index is 2830. The first-order valence-corrected chi connectivity index (χ1v) is 20.1. The van der Waals surface area contributed by atoms with Gasteiger partial charge in [-0.15, -0.1) is 11.3 Å². The highest BCUT2D eigenvalue weighted by Gasteiger charge is 2.61. The highest BCUT2D eigenvalue weighted by atomic mass is 32.1. The highest BCUT2D eigenvalue weighted by molar-refractivity contribution is 7.25. The van der Waals surface area contributed by atoms with Gasteiger partial charge in [0.15, 0.2) is 0 Å². The zero-order valence-corrected chi connectivity index (χ0v) is 29.7. The largest absolute Gasteiger partial charge is 0.456 e. The average molecular weight is 685 g/mol. The first-order valence-electron chi connectivity index (χ1n) is 19.2. The van der Waals surface area contributed by atoms with E-state index in [0.717, 1.165) is 35.2 Å². The van der Waals surface area contributed by atoms with Crippen molar-refractivity contribution in [3.05, 3.63) is 145 Å². The summed E-state index contributed by atoms with van der Waals surface area (Å²) < 4.78 is 9.40. The van der Waals surface area contributed by atoms with Crippen molar-refractivity contribution in [2.75, 3.05) is 0 Å². The van der Waals surface area contributed by atoms with Crippen molar-refractivity contribution in [1.29, 1.82) is 0 Å². The van der Waals surface area contributed by atoms with Crippen LogP contribution >= 0.6 is 11.3 Å². The monoisotopic (exact) mass is 684 g/mol. The molecule has 4 fully saturated rings. The summed E-state index contributed by atoms with van der Waals surface area (Å²) in [5, 5.41) is 5.11. The number of hydrogen-bond donors (Lipinski definition) is 0. The van der Waals surface area contributed by atoms with Crippen LogP contribution in [0.2, 0.25) is 0 Å². The summed E-state index contributed by atoms with van der Waals surface area (Å²) in [6, 6.07) is 50.7. The molecule has 4 bridgehead atoms. The molecule has 0 unspecified atom stereocenters. The second kappa shape index (κ2) is 10.0. The van der Waals surface area contributed by atoms with Crippen molar-refractivity contribution < 1.29 is 4.74 Å². The van der Waals surface area contributed by atoms with Crippen LogP contribution in [-0.4, -0.2) is 0 Å².